The molecule has 168 valence electrons. The van der Waals surface area contributed by atoms with Crippen molar-refractivity contribution in [2.75, 3.05) is 31.5 Å². The van der Waals surface area contributed by atoms with Crippen LogP contribution in [-0.2, 0) is 13.1 Å². The van der Waals surface area contributed by atoms with Gasteiger partial charge >= 0.3 is 0 Å². The number of halogens is 2. The number of thiocarbonyl (C=S) groups is 1. The van der Waals surface area contributed by atoms with E-state index in [1.54, 1.807) is 18.2 Å². The first-order valence-electron chi connectivity index (χ1n) is 10.7. The maximum atomic E-state index is 13.9. The molecule has 0 bridgehead atoms. The first-order chi connectivity index (χ1) is 15.4. The van der Waals surface area contributed by atoms with Crippen LogP contribution in [0.4, 0.5) is 14.5 Å². The lowest BCUT2D eigenvalue weighted by atomic mass is 10.2. The normalized spacial score (nSPS) is 14.6. The van der Waals surface area contributed by atoms with Crippen LogP contribution in [0.5, 0.6) is 0 Å². The van der Waals surface area contributed by atoms with Gasteiger partial charge in [0.25, 0.3) is 0 Å². The van der Waals surface area contributed by atoms with Crippen LogP contribution in [0.15, 0.2) is 48.5 Å². The second-order valence-corrected chi connectivity index (χ2v) is 8.50. The fourth-order valence-corrected chi connectivity index (χ4v) is 4.24. The standard InChI is InChI=1S/C24H27F2N5S/c1-17-23(18(2)31(28-17)15-19-7-9-21(25)10-8-19)27-24(32)30-13-11-29(12-14-30)16-20-5-3-4-6-22(20)26/h3-10H,11-16H2,1-2H3,(H,27,32). The van der Waals surface area contributed by atoms with E-state index in [-0.39, 0.29) is 11.6 Å². The molecular weight excluding hydrogens is 428 g/mol. The second-order valence-electron chi connectivity index (χ2n) is 8.11. The van der Waals surface area contributed by atoms with E-state index in [1.807, 2.05) is 30.7 Å². The number of hydrogen-bond acceptors (Lipinski definition) is 3. The fourth-order valence-electron chi connectivity index (χ4n) is 3.96. The van der Waals surface area contributed by atoms with Gasteiger partial charge in [-0.05, 0) is 49.8 Å². The number of anilines is 1. The van der Waals surface area contributed by atoms with E-state index in [2.05, 4.69) is 20.2 Å². The summed E-state index contributed by atoms with van der Waals surface area (Å²) < 4.78 is 29.0. The summed E-state index contributed by atoms with van der Waals surface area (Å²) in [4.78, 5) is 4.39. The quantitative estimate of drug-likeness (QED) is 0.579. The molecule has 0 unspecified atom stereocenters. The SMILES string of the molecule is Cc1nn(Cc2ccc(F)cc2)c(C)c1NC(=S)N1CCN(Cc2ccccc2F)CC1. The molecule has 0 aliphatic carbocycles. The zero-order chi connectivity index (χ0) is 22.7. The minimum absolute atomic E-state index is 0.157. The van der Waals surface area contributed by atoms with Gasteiger partial charge in [-0.3, -0.25) is 9.58 Å². The number of aryl methyl sites for hydroxylation is 1. The molecule has 1 aromatic heterocycles. The molecular formula is C24H27F2N5S. The van der Waals surface area contributed by atoms with Crippen LogP contribution in [0.3, 0.4) is 0 Å². The van der Waals surface area contributed by atoms with Gasteiger partial charge in [-0.15, -0.1) is 0 Å². The van der Waals surface area contributed by atoms with Crippen molar-refractivity contribution >= 4 is 23.0 Å². The van der Waals surface area contributed by atoms with Crippen molar-refractivity contribution in [2.24, 2.45) is 0 Å². The molecule has 1 aliphatic rings. The molecule has 32 heavy (non-hydrogen) atoms. The van der Waals surface area contributed by atoms with Crippen molar-refractivity contribution in [1.82, 2.24) is 19.6 Å². The fraction of sp³-hybridized carbons (Fsp3) is 0.333. The molecule has 0 spiro atoms. The molecule has 8 heteroatoms. The Kier molecular flexibility index (Phi) is 6.81. The smallest absolute Gasteiger partial charge is 0.173 e. The Morgan fingerprint density at radius 3 is 2.34 bits per heavy atom. The van der Waals surface area contributed by atoms with Gasteiger partial charge in [-0.25, -0.2) is 8.78 Å². The van der Waals surface area contributed by atoms with Crippen LogP contribution in [-0.4, -0.2) is 50.9 Å². The third-order valence-electron chi connectivity index (χ3n) is 5.87. The summed E-state index contributed by atoms with van der Waals surface area (Å²) in [5.74, 6) is -0.403. The highest BCUT2D eigenvalue weighted by Gasteiger charge is 2.21. The Labute approximate surface area is 192 Å². The molecule has 3 aromatic rings. The molecule has 5 nitrogen and oxygen atoms in total. The van der Waals surface area contributed by atoms with Gasteiger partial charge in [0.1, 0.15) is 11.6 Å². The highest BCUT2D eigenvalue weighted by Crippen LogP contribution is 2.22. The van der Waals surface area contributed by atoms with E-state index in [4.69, 9.17) is 12.2 Å². The van der Waals surface area contributed by atoms with Crippen LogP contribution >= 0.6 is 12.2 Å². The number of nitrogens with zero attached hydrogens (tertiary/aromatic N) is 4. The number of benzene rings is 2. The Morgan fingerprint density at radius 1 is 0.969 bits per heavy atom. The predicted molar refractivity (Wildman–Crippen MR) is 127 cm³/mol. The van der Waals surface area contributed by atoms with Crippen molar-refractivity contribution in [1.29, 1.82) is 0 Å². The summed E-state index contributed by atoms with van der Waals surface area (Å²) in [6.45, 7) is 8.32. The zero-order valence-corrected chi connectivity index (χ0v) is 19.1. The van der Waals surface area contributed by atoms with Crippen molar-refractivity contribution in [3.8, 4) is 0 Å². The third kappa shape index (κ3) is 5.14. The molecule has 2 heterocycles. The van der Waals surface area contributed by atoms with E-state index in [1.165, 1.54) is 18.2 Å². The van der Waals surface area contributed by atoms with Gasteiger partial charge in [0.2, 0.25) is 0 Å². The highest BCUT2D eigenvalue weighted by atomic mass is 32.1. The average molecular weight is 456 g/mol. The van der Waals surface area contributed by atoms with Crippen molar-refractivity contribution < 1.29 is 8.78 Å². The summed E-state index contributed by atoms with van der Waals surface area (Å²) in [5, 5.41) is 8.67. The monoisotopic (exact) mass is 455 g/mol. The molecule has 0 radical (unpaired) electrons. The van der Waals surface area contributed by atoms with Crippen molar-refractivity contribution in [2.45, 2.75) is 26.9 Å². The van der Waals surface area contributed by atoms with E-state index >= 15 is 0 Å². The number of aromatic nitrogens is 2. The predicted octanol–water partition coefficient (Wildman–Crippen LogP) is 4.34. The number of rotatable bonds is 5. The first-order valence-corrected chi connectivity index (χ1v) is 11.1. The van der Waals surface area contributed by atoms with Crippen LogP contribution in [0.1, 0.15) is 22.5 Å². The second kappa shape index (κ2) is 9.75. The Balaban J connectivity index is 1.35. The maximum absolute atomic E-state index is 13.9. The minimum atomic E-state index is -0.246. The maximum Gasteiger partial charge on any atom is 0.173 e. The Bertz CT molecular complexity index is 1090. The molecule has 0 saturated carbocycles. The van der Waals surface area contributed by atoms with Crippen LogP contribution < -0.4 is 5.32 Å². The molecule has 2 aromatic carbocycles. The summed E-state index contributed by atoms with van der Waals surface area (Å²) >= 11 is 5.68. The van der Waals surface area contributed by atoms with Crippen LogP contribution in [0.25, 0.3) is 0 Å². The van der Waals surface area contributed by atoms with Crippen LogP contribution in [0.2, 0.25) is 0 Å². The lowest BCUT2D eigenvalue weighted by Gasteiger charge is -2.36. The summed E-state index contributed by atoms with van der Waals surface area (Å²) in [7, 11) is 0. The number of piperazine rings is 1. The van der Waals surface area contributed by atoms with Gasteiger partial charge in [-0.1, -0.05) is 30.3 Å². The molecule has 1 N–H and O–H groups in total. The number of hydrogen-bond donors (Lipinski definition) is 1. The third-order valence-corrected chi connectivity index (χ3v) is 6.23. The molecule has 1 aliphatic heterocycles. The Morgan fingerprint density at radius 2 is 1.66 bits per heavy atom. The van der Waals surface area contributed by atoms with Crippen molar-refractivity contribution in [3.63, 3.8) is 0 Å². The lowest BCUT2D eigenvalue weighted by Crippen LogP contribution is -2.49. The summed E-state index contributed by atoms with van der Waals surface area (Å²) in [6.07, 6.45) is 0. The first kappa shape index (κ1) is 22.4. The van der Waals surface area contributed by atoms with Crippen molar-refractivity contribution in [3.05, 3.63) is 82.7 Å². The van der Waals surface area contributed by atoms with E-state index < -0.39 is 0 Å². The van der Waals surface area contributed by atoms with Gasteiger partial charge < -0.3 is 10.2 Å². The van der Waals surface area contributed by atoms with E-state index in [0.717, 1.165) is 54.4 Å². The largest absolute Gasteiger partial charge is 0.346 e. The van der Waals surface area contributed by atoms with Gasteiger partial charge in [0, 0.05) is 38.3 Å². The Hall–Kier alpha value is -2.84. The number of nitrogens with one attached hydrogen (secondary N) is 1. The summed E-state index contributed by atoms with van der Waals surface area (Å²) in [6, 6.07) is 13.4. The minimum Gasteiger partial charge on any atom is -0.346 e. The molecule has 1 saturated heterocycles. The zero-order valence-electron chi connectivity index (χ0n) is 18.3. The van der Waals surface area contributed by atoms with Gasteiger partial charge in [0.15, 0.2) is 5.11 Å². The molecule has 0 amide bonds. The summed E-state index contributed by atoms with van der Waals surface area (Å²) in [5.41, 5.74) is 4.46. The molecule has 1 fully saturated rings. The molecule has 4 rings (SSSR count). The van der Waals surface area contributed by atoms with Crippen LogP contribution in [0, 0.1) is 25.5 Å². The van der Waals surface area contributed by atoms with E-state index in [0.29, 0.717) is 18.2 Å². The average Bonchev–Trinajstić information content (AvgIpc) is 3.04. The highest BCUT2D eigenvalue weighted by molar-refractivity contribution is 7.80. The van der Waals surface area contributed by atoms with E-state index in [9.17, 15) is 8.78 Å². The molecule has 0 atom stereocenters. The van der Waals surface area contributed by atoms with Gasteiger partial charge in [-0.2, -0.15) is 5.10 Å². The lowest BCUT2D eigenvalue weighted by molar-refractivity contribution is 0.175. The topological polar surface area (TPSA) is 36.3 Å². The van der Waals surface area contributed by atoms with Gasteiger partial charge in [0.05, 0.1) is 23.6 Å².